The van der Waals surface area contributed by atoms with Crippen molar-refractivity contribution >= 4 is 0 Å². The van der Waals surface area contributed by atoms with Gasteiger partial charge in [-0.1, -0.05) is 38.1 Å². The van der Waals surface area contributed by atoms with E-state index < -0.39 is 0 Å². The summed E-state index contributed by atoms with van der Waals surface area (Å²) in [7, 11) is 1.77. The van der Waals surface area contributed by atoms with Crippen molar-refractivity contribution in [3.8, 4) is 0 Å². The zero-order valence-electron chi connectivity index (χ0n) is 14.1. The van der Waals surface area contributed by atoms with Crippen LogP contribution < -0.4 is 5.73 Å². The van der Waals surface area contributed by atoms with E-state index >= 15 is 0 Å². The van der Waals surface area contributed by atoms with E-state index in [0.29, 0.717) is 6.04 Å². The number of benzene rings is 1. The molecule has 0 bridgehead atoms. The van der Waals surface area contributed by atoms with Gasteiger partial charge in [-0.3, -0.25) is 4.90 Å². The first-order valence-corrected chi connectivity index (χ1v) is 8.18. The van der Waals surface area contributed by atoms with Crippen molar-refractivity contribution in [2.45, 2.75) is 52.1 Å². The summed E-state index contributed by atoms with van der Waals surface area (Å²) in [6, 6.07) is 9.18. The topological polar surface area (TPSA) is 38.5 Å². The van der Waals surface area contributed by atoms with E-state index in [2.05, 4.69) is 49.9 Å². The highest BCUT2D eigenvalue weighted by Gasteiger charge is 2.17. The maximum atomic E-state index is 6.40. The summed E-state index contributed by atoms with van der Waals surface area (Å²) in [6.07, 6.45) is 3.35. The average Bonchev–Trinajstić information content (AvgIpc) is 2.50. The molecule has 120 valence electrons. The molecule has 0 aromatic heterocycles. The van der Waals surface area contributed by atoms with Crippen LogP contribution in [-0.4, -0.2) is 37.7 Å². The smallest absolute Gasteiger partial charge is 0.0589 e. The molecule has 0 aliphatic rings. The van der Waals surface area contributed by atoms with Crippen LogP contribution in [0.15, 0.2) is 24.3 Å². The van der Waals surface area contributed by atoms with Gasteiger partial charge in [0.05, 0.1) is 6.61 Å². The number of aryl methyl sites for hydroxylation is 1. The molecule has 1 atom stereocenters. The SMILES string of the molecule is CCC(CC)N(CCOC)CCC(N)c1ccccc1C. The maximum absolute atomic E-state index is 6.40. The van der Waals surface area contributed by atoms with Gasteiger partial charge >= 0.3 is 0 Å². The van der Waals surface area contributed by atoms with Crippen LogP contribution in [0.4, 0.5) is 0 Å². The van der Waals surface area contributed by atoms with Crippen molar-refractivity contribution in [1.29, 1.82) is 0 Å². The Bertz CT molecular complexity index is 391. The number of hydrogen-bond donors (Lipinski definition) is 1. The van der Waals surface area contributed by atoms with Gasteiger partial charge < -0.3 is 10.5 Å². The molecule has 1 unspecified atom stereocenters. The molecule has 0 saturated carbocycles. The van der Waals surface area contributed by atoms with Crippen molar-refractivity contribution in [1.82, 2.24) is 4.90 Å². The van der Waals surface area contributed by atoms with E-state index in [1.54, 1.807) is 7.11 Å². The Labute approximate surface area is 130 Å². The summed E-state index contributed by atoms with van der Waals surface area (Å²) >= 11 is 0. The normalized spacial score (nSPS) is 13.1. The summed E-state index contributed by atoms with van der Waals surface area (Å²) in [5.74, 6) is 0. The second-order valence-electron chi connectivity index (χ2n) is 5.75. The third-order valence-electron chi connectivity index (χ3n) is 4.36. The fraction of sp³-hybridized carbons (Fsp3) is 0.667. The first-order chi connectivity index (χ1) is 10.1. The summed E-state index contributed by atoms with van der Waals surface area (Å²) in [5.41, 5.74) is 8.96. The van der Waals surface area contributed by atoms with Crippen LogP contribution in [0.5, 0.6) is 0 Å². The molecule has 1 aromatic carbocycles. The van der Waals surface area contributed by atoms with Crippen LogP contribution in [0.2, 0.25) is 0 Å². The molecule has 0 spiro atoms. The van der Waals surface area contributed by atoms with Gasteiger partial charge in [-0.2, -0.15) is 0 Å². The van der Waals surface area contributed by atoms with Gasteiger partial charge in [-0.15, -0.1) is 0 Å². The van der Waals surface area contributed by atoms with Gasteiger partial charge in [0.1, 0.15) is 0 Å². The van der Waals surface area contributed by atoms with Crippen molar-refractivity contribution in [3.05, 3.63) is 35.4 Å². The zero-order valence-corrected chi connectivity index (χ0v) is 14.1. The minimum absolute atomic E-state index is 0.116. The Morgan fingerprint density at radius 3 is 2.38 bits per heavy atom. The van der Waals surface area contributed by atoms with Crippen LogP contribution in [0, 0.1) is 6.92 Å². The molecule has 0 fully saturated rings. The minimum Gasteiger partial charge on any atom is -0.383 e. The summed E-state index contributed by atoms with van der Waals surface area (Å²) < 4.78 is 5.25. The summed E-state index contributed by atoms with van der Waals surface area (Å²) in [5, 5.41) is 0. The second-order valence-corrected chi connectivity index (χ2v) is 5.75. The number of nitrogens with two attached hydrogens (primary N) is 1. The Morgan fingerprint density at radius 2 is 1.81 bits per heavy atom. The minimum atomic E-state index is 0.116. The van der Waals surface area contributed by atoms with Crippen LogP contribution in [0.3, 0.4) is 0 Å². The van der Waals surface area contributed by atoms with Gasteiger partial charge in [0.2, 0.25) is 0 Å². The standard InChI is InChI=1S/C18H32N2O/c1-5-16(6-2)20(13-14-21-4)12-11-18(19)17-10-8-7-9-15(17)3/h7-10,16,18H,5-6,11-14,19H2,1-4H3. The van der Waals surface area contributed by atoms with E-state index in [1.165, 1.54) is 24.0 Å². The van der Waals surface area contributed by atoms with E-state index in [0.717, 1.165) is 26.1 Å². The molecular weight excluding hydrogens is 260 g/mol. The molecule has 0 saturated heterocycles. The van der Waals surface area contributed by atoms with Crippen LogP contribution in [-0.2, 0) is 4.74 Å². The highest BCUT2D eigenvalue weighted by atomic mass is 16.5. The van der Waals surface area contributed by atoms with E-state index in [9.17, 15) is 0 Å². The number of nitrogens with zero attached hydrogens (tertiary/aromatic N) is 1. The van der Waals surface area contributed by atoms with E-state index in [4.69, 9.17) is 10.5 Å². The van der Waals surface area contributed by atoms with Crippen LogP contribution in [0.1, 0.15) is 50.3 Å². The average molecular weight is 292 g/mol. The zero-order chi connectivity index (χ0) is 15.7. The molecule has 0 heterocycles. The fourth-order valence-corrected chi connectivity index (χ4v) is 2.95. The lowest BCUT2D eigenvalue weighted by Crippen LogP contribution is -2.38. The lowest BCUT2D eigenvalue weighted by atomic mass is 9.99. The molecule has 1 aromatic rings. The highest BCUT2D eigenvalue weighted by molar-refractivity contribution is 5.28. The highest BCUT2D eigenvalue weighted by Crippen LogP contribution is 2.19. The third kappa shape index (κ3) is 5.77. The van der Waals surface area contributed by atoms with Gasteiger partial charge in [0.25, 0.3) is 0 Å². The lowest BCUT2D eigenvalue weighted by Gasteiger charge is -2.31. The molecule has 1 rings (SSSR count). The molecule has 21 heavy (non-hydrogen) atoms. The monoisotopic (exact) mass is 292 g/mol. The Hall–Kier alpha value is -0.900. The first-order valence-electron chi connectivity index (χ1n) is 8.18. The lowest BCUT2D eigenvalue weighted by molar-refractivity contribution is 0.112. The van der Waals surface area contributed by atoms with Gasteiger partial charge in [0, 0.05) is 32.3 Å². The van der Waals surface area contributed by atoms with Crippen LogP contribution >= 0.6 is 0 Å². The van der Waals surface area contributed by atoms with Gasteiger partial charge in [0.15, 0.2) is 0 Å². The van der Waals surface area contributed by atoms with Crippen LogP contribution in [0.25, 0.3) is 0 Å². The van der Waals surface area contributed by atoms with Crippen molar-refractivity contribution in [3.63, 3.8) is 0 Å². The number of ether oxygens (including phenoxy) is 1. The summed E-state index contributed by atoms with van der Waals surface area (Å²) in [4.78, 5) is 2.53. The molecular formula is C18H32N2O. The number of hydrogen-bond acceptors (Lipinski definition) is 3. The Kier molecular flexibility index (Phi) is 8.58. The fourth-order valence-electron chi connectivity index (χ4n) is 2.95. The molecule has 0 aliphatic carbocycles. The number of rotatable bonds is 10. The predicted octanol–water partition coefficient (Wildman–Crippen LogP) is 3.52. The molecule has 3 nitrogen and oxygen atoms in total. The number of methoxy groups -OCH3 is 1. The molecule has 0 amide bonds. The maximum Gasteiger partial charge on any atom is 0.0589 e. The van der Waals surface area contributed by atoms with Crippen molar-refractivity contribution < 1.29 is 4.74 Å². The van der Waals surface area contributed by atoms with E-state index in [-0.39, 0.29) is 6.04 Å². The largest absolute Gasteiger partial charge is 0.383 e. The van der Waals surface area contributed by atoms with E-state index in [1.807, 2.05) is 0 Å². The van der Waals surface area contributed by atoms with Gasteiger partial charge in [-0.05, 0) is 37.3 Å². The Morgan fingerprint density at radius 1 is 1.14 bits per heavy atom. The molecule has 0 radical (unpaired) electrons. The molecule has 3 heteroatoms. The predicted molar refractivity (Wildman–Crippen MR) is 90.5 cm³/mol. The first kappa shape index (κ1) is 18.1. The molecule has 0 aliphatic heterocycles. The van der Waals surface area contributed by atoms with Gasteiger partial charge in [-0.25, -0.2) is 0 Å². The second kappa shape index (κ2) is 9.93. The molecule has 2 N–H and O–H groups in total. The van der Waals surface area contributed by atoms with Crippen molar-refractivity contribution in [2.24, 2.45) is 5.73 Å². The third-order valence-corrected chi connectivity index (χ3v) is 4.36. The quantitative estimate of drug-likeness (QED) is 0.717. The van der Waals surface area contributed by atoms with Crippen molar-refractivity contribution in [2.75, 3.05) is 26.8 Å². The summed E-state index contributed by atoms with van der Waals surface area (Å²) in [6.45, 7) is 9.47. The Balaban J connectivity index is 2.61.